The summed E-state index contributed by atoms with van der Waals surface area (Å²) >= 11 is 7.88. The van der Waals surface area contributed by atoms with E-state index in [0.717, 1.165) is 24.7 Å². The summed E-state index contributed by atoms with van der Waals surface area (Å²) in [5.41, 5.74) is 2.58. The van der Waals surface area contributed by atoms with E-state index in [4.69, 9.17) is 11.6 Å². The third-order valence-electron chi connectivity index (χ3n) is 3.52. The Morgan fingerprint density at radius 1 is 1.25 bits per heavy atom. The average Bonchev–Trinajstić information content (AvgIpc) is 3.01. The van der Waals surface area contributed by atoms with E-state index in [0.29, 0.717) is 0 Å². The molecule has 0 saturated carbocycles. The first-order valence-corrected chi connectivity index (χ1v) is 7.98. The van der Waals surface area contributed by atoms with E-state index >= 15 is 0 Å². The highest BCUT2D eigenvalue weighted by Crippen LogP contribution is 2.20. The molecule has 0 amide bonds. The Kier molecular flexibility index (Phi) is 4.10. The Morgan fingerprint density at radius 2 is 2.15 bits per heavy atom. The molecule has 0 fully saturated rings. The van der Waals surface area contributed by atoms with E-state index in [2.05, 4.69) is 46.6 Å². The zero-order valence-corrected chi connectivity index (χ0v) is 13.0. The minimum absolute atomic E-state index is 0.791. The van der Waals surface area contributed by atoms with Crippen LogP contribution in [0.15, 0.2) is 41.9 Å². The van der Waals surface area contributed by atoms with Crippen molar-refractivity contribution in [2.45, 2.75) is 20.0 Å². The van der Waals surface area contributed by atoms with Crippen LogP contribution in [0, 0.1) is 6.92 Å². The zero-order chi connectivity index (χ0) is 13.9. The SMILES string of the molecule is Cc1ccsc1CNCCn1ccc2ccc(Cl)cc21. The number of hydrogen-bond acceptors (Lipinski definition) is 2. The summed E-state index contributed by atoms with van der Waals surface area (Å²) in [5, 5.41) is 7.68. The highest BCUT2D eigenvalue weighted by molar-refractivity contribution is 7.10. The summed E-state index contributed by atoms with van der Waals surface area (Å²) in [5.74, 6) is 0. The Labute approximate surface area is 128 Å². The highest BCUT2D eigenvalue weighted by Gasteiger charge is 2.02. The summed E-state index contributed by atoms with van der Waals surface area (Å²) in [4.78, 5) is 1.42. The molecule has 3 rings (SSSR count). The Hall–Kier alpha value is -1.29. The van der Waals surface area contributed by atoms with E-state index in [9.17, 15) is 0 Å². The number of halogens is 1. The van der Waals surface area contributed by atoms with Crippen LogP contribution in [0.25, 0.3) is 10.9 Å². The molecule has 0 spiro atoms. The Balaban J connectivity index is 1.60. The molecule has 0 unspecified atom stereocenters. The van der Waals surface area contributed by atoms with Crippen LogP contribution in [0.5, 0.6) is 0 Å². The van der Waals surface area contributed by atoms with Crippen molar-refractivity contribution in [3.63, 3.8) is 0 Å². The average molecular weight is 305 g/mol. The van der Waals surface area contributed by atoms with E-state index in [-0.39, 0.29) is 0 Å². The van der Waals surface area contributed by atoms with Crippen LogP contribution in [0.3, 0.4) is 0 Å². The monoisotopic (exact) mass is 304 g/mol. The molecule has 0 aliphatic heterocycles. The van der Waals surface area contributed by atoms with Gasteiger partial charge in [-0.1, -0.05) is 17.7 Å². The van der Waals surface area contributed by atoms with Gasteiger partial charge in [0.1, 0.15) is 0 Å². The number of nitrogens with zero attached hydrogens (tertiary/aromatic N) is 1. The second kappa shape index (κ2) is 6.00. The third kappa shape index (κ3) is 2.90. The first-order chi connectivity index (χ1) is 9.74. The van der Waals surface area contributed by atoms with Crippen LogP contribution in [0.1, 0.15) is 10.4 Å². The largest absolute Gasteiger partial charge is 0.346 e. The van der Waals surface area contributed by atoms with Gasteiger partial charge in [-0.25, -0.2) is 0 Å². The van der Waals surface area contributed by atoms with Gasteiger partial charge >= 0.3 is 0 Å². The molecule has 2 nitrogen and oxygen atoms in total. The van der Waals surface area contributed by atoms with Crippen molar-refractivity contribution in [2.75, 3.05) is 6.54 Å². The van der Waals surface area contributed by atoms with Crippen LogP contribution in [0.4, 0.5) is 0 Å². The standard InChI is InChI=1S/C16H17ClN2S/c1-12-5-9-20-16(12)11-18-6-8-19-7-4-13-2-3-14(17)10-15(13)19/h2-5,7,9-10,18H,6,8,11H2,1H3. The lowest BCUT2D eigenvalue weighted by Crippen LogP contribution is -2.19. The molecule has 0 radical (unpaired) electrons. The third-order valence-corrected chi connectivity index (χ3v) is 4.78. The highest BCUT2D eigenvalue weighted by atomic mass is 35.5. The van der Waals surface area contributed by atoms with Crippen LogP contribution < -0.4 is 5.32 Å². The smallest absolute Gasteiger partial charge is 0.0495 e. The molecular formula is C16H17ClN2S. The normalized spacial score (nSPS) is 11.3. The van der Waals surface area contributed by atoms with Gasteiger partial charge in [-0.3, -0.25) is 0 Å². The van der Waals surface area contributed by atoms with E-state index < -0.39 is 0 Å². The number of hydrogen-bond donors (Lipinski definition) is 1. The fourth-order valence-corrected chi connectivity index (χ4v) is 3.38. The quantitative estimate of drug-likeness (QED) is 0.689. The maximum absolute atomic E-state index is 6.07. The Morgan fingerprint density at radius 3 is 2.95 bits per heavy atom. The molecule has 20 heavy (non-hydrogen) atoms. The van der Waals surface area contributed by atoms with Gasteiger partial charge in [0.15, 0.2) is 0 Å². The van der Waals surface area contributed by atoms with Crippen LogP contribution in [-0.2, 0) is 13.1 Å². The van der Waals surface area contributed by atoms with Gasteiger partial charge in [0, 0.05) is 41.2 Å². The summed E-state index contributed by atoms with van der Waals surface area (Å²) < 4.78 is 2.25. The van der Waals surface area contributed by atoms with Gasteiger partial charge in [0.05, 0.1) is 0 Å². The molecule has 0 atom stereocenters. The number of rotatable bonds is 5. The van der Waals surface area contributed by atoms with E-state index in [1.807, 2.05) is 23.5 Å². The number of fused-ring (bicyclic) bond motifs is 1. The topological polar surface area (TPSA) is 17.0 Å². The van der Waals surface area contributed by atoms with Crippen molar-refractivity contribution in [1.82, 2.24) is 9.88 Å². The summed E-state index contributed by atoms with van der Waals surface area (Å²) in [6.45, 7) is 5.01. The minimum atomic E-state index is 0.791. The molecule has 0 aliphatic rings. The zero-order valence-electron chi connectivity index (χ0n) is 11.4. The molecule has 1 aromatic carbocycles. The number of thiophene rings is 1. The maximum atomic E-state index is 6.07. The molecule has 4 heteroatoms. The van der Waals surface area contributed by atoms with E-state index in [1.54, 1.807) is 0 Å². The summed E-state index contributed by atoms with van der Waals surface area (Å²) in [6, 6.07) is 10.3. The van der Waals surface area contributed by atoms with Gasteiger partial charge in [-0.2, -0.15) is 0 Å². The molecule has 2 aromatic heterocycles. The molecule has 2 heterocycles. The first kappa shape index (κ1) is 13.7. The van der Waals surface area contributed by atoms with Gasteiger partial charge in [0.25, 0.3) is 0 Å². The second-order valence-corrected chi connectivity index (χ2v) is 6.35. The lowest BCUT2D eigenvalue weighted by Gasteiger charge is -2.07. The number of aromatic nitrogens is 1. The number of nitrogens with one attached hydrogen (secondary N) is 1. The maximum Gasteiger partial charge on any atom is 0.0495 e. The summed E-state index contributed by atoms with van der Waals surface area (Å²) in [6.07, 6.45) is 2.12. The predicted octanol–water partition coefficient (Wildman–Crippen LogP) is 4.45. The van der Waals surface area contributed by atoms with Crippen LogP contribution in [0.2, 0.25) is 5.02 Å². The minimum Gasteiger partial charge on any atom is -0.346 e. The van der Waals surface area contributed by atoms with Gasteiger partial charge in [-0.05, 0) is 47.5 Å². The molecule has 1 N–H and O–H groups in total. The molecule has 0 aliphatic carbocycles. The van der Waals surface area contributed by atoms with Crippen molar-refractivity contribution in [1.29, 1.82) is 0 Å². The van der Waals surface area contributed by atoms with Crippen molar-refractivity contribution in [3.05, 3.63) is 57.4 Å². The number of aryl methyl sites for hydroxylation is 1. The fourth-order valence-electron chi connectivity index (χ4n) is 2.34. The van der Waals surface area contributed by atoms with Crippen molar-refractivity contribution >= 4 is 33.8 Å². The predicted molar refractivity (Wildman–Crippen MR) is 87.7 cm³/mol. The molecule has 104 valence electrons. The fraction of sp³-hybridized carbons (Fsp3) is 0.250. The van der Waals surface area contributed by atoms with Gasteiger partial charge < -0.3 is 9.88 Å². The van der Waals surface area contributed by atoms with Crippen molar-refractivity contribution in [3.8, 4) is 0 Å². The van der Waals surface area contributed by atoms with E-state index in [1.165, 1.54) is 21.3 Å². The van der Waals surface area contributed by atoms with Gasteiger partial charge in [-0.15, -0.1) is 11.3 Å². The molecular weight excluding hydrogens is 288 g/mol. The van der Waals surface area contributed by atoms with Crippen molar-refractivity contribution < 1.29 is 0 Å². The van der Waals surface area contributed by atoms with Crippen LogP contribution in [-0.4, -0.2) is 11.1 Å². The lowest BCUT2D eigenvalue weighted by atomic mass is 10.2. The molecule has 3 aromatic rings. The van der Waals surface area contributed by atoms with Gasteiger partial charge in [0.2, 0.25) is 0 Å². The lowest BCUT2D eigenvalue weighted by molar-refractivity contribution is 0.612. The number of benzene rings is 1. The molecule has 0 saturated heterocycles. The Bertz CT molecular complexity index is 714. The summed E-state index contributed by atoms with van der Waals surface area (Å²) in [7, 11) is 0. The molecule has 0 bridgehead atoms. The first-order valence-electron chi connectivity index (χ1n) is 6.72. The second-order valence-electron chi connectivity index (χ2n) is 4.92. The van der Waals surface area contributed by atoms with Crippen molar-refractivity contribution in [2.24, 2.45) is 0 Å². The van der Waals surface area contributed by atoms with Crippen LogP contribution >= 0.6 is 22.9 Å².